The lowest BCUT2D eigenvalue weighted by molar-refractivity contribution is 0.344. The molecular weight excluding hydrogens is 250 g/mol. The van der Waals surface area contributed by atoms with E-state index in [0.29, 0.717) is 5.75 Å². The molecule has 96 valence electrons. The van der Waals surface area contributed by atoms with Crippen molar-refractivity contribution >= 4 is 20.7 Å². The summed E-state index contributed by atoms with van der Waals surface area (Å²) in [5.41, 5.74) is 0.758. The van der Waals surface area contributed by atoms with Gasteiger partial charge in [-0.05, 0) is 12.1 Å². The van der Waals surface area contributed by atoms with Gasteiger partial charge in [-0.2, -0.15) is 0 Å². The quantitative estimate of drug-likeness (QED) is 0.830. The summed E-state index contributed by atoms with van der Waals surface area (Å²) in [7, 11) is -2.99. The summed E-state index contributed by atoms with van der Waals surface area (Å²) in [6.45, 7) is 1.79. The van der Waals surface area contributed by atoms with Crippen molar-refractivity contribution in [1.29, 1.82) is 0 Å². The van der Waals surface area contributed by atoms with E-state index in [4.69, 9.17) is 4.74 Å². The number of para-hydroxylation sites is 1. The third-order valence-corrected chi connectivity index (χ3v) is 4.36. The van der Waals surface area contributed by atoms with Gasteiger partial charge in [0.15, 0.2) is 9.84 Å². The van der Waals surface area contributed by atoms with Crippen LogP contribution in [0.4, 0.5) is 0 Å². The molecule has 0 fully saturated rings. The molecule has 2 rings (SSSR count). The van der Waals surface area contributed by atoms with Crippen molar-refractivity contribution < 1.29 is 13.2 Å². The zero-order valence-electron chi connectivity index (χ0n) is 10.2. The summed E-state index contributed by atoms with van der Waals surface area (Å²) in [5.74, 6) is 0.802. The summed E-state index contributed by atoms with van der Waals surface area (Å²) in [4.78, 5) is 4.24. The average molecular weight is 265 g/mol. The zero-order chi connectivity index (χ0) is 13.0. The number of rotatable bonds is 5. The molecule has 0 bridgehead atoms. The molecule has 1 heterocycles. The van der Waals surface area contributed by atoms with Crippen LogP contribution in [0, 0.1) is 0 Å². The molecule has 0 N–H and O–H groups in total. The Morgan fingerprint density at radius 1 is 1.22 bits per heavy atom. The number of benzene rings is 1. The number of sulfone groups is 1. The lowest BCUT2D eigenvalue weighted by Crippen LogP contribution is -2.15. The standard InChI is InChI=1S/C13H15NO3S/c1-2-18(15,16)10-9-17-12-7-3-5-11-6-4-8-14-13(11)12/h3-8H,2,9-10H2,1H3. The van der Waals surface area contributed by atoms with Gasteiger partial charge in [0, 0.05) is 17.3 Å². The summed E-state index contributed by atoms with van der Waals surface area (Å²) in [6, 6.07) is 9.41. The number of hydrogen-bond acceptors (Lipinski definition) is 4. The molecule has 18 heavy (non-hydrogen) atoms. The van der Waals surface area contributed by atoms with Crippen LogP contribution in [-0.4, -0.2) is 31.5 Å². The first-order valence-electron chi connectivity index (χ1n) is 5.79. The van der Waals surface area contributed by atoms with Gasteiger partial charge in [0.2, 0.25) is 0 Å². The smallest absolute Gasteiger partial charge is 0.153 e. The van der Waals surface area contributed by atoms with E-state index in [2.05, 4.69) is 4.98 Å². The highest BCUT2D eigenvalue weighted by Gasteiger charge is 2.08. The van der Waals surface area contributed by atoms with Crippen molar-refractivity contribution in [3.05, 3.63) is 36.5 Å². The topological polar surface area (TPSA) is 56.3 Å². The molecule has 1 aromatic carbocycles. The fourth-order valence-corrected chi connectivity index (χ4v) is 2.24. The maximum atomic E-state index is 11.4. The van der Waals surface area contributed by atoms with Gasteiger partial charge in [0.05, 0.1) is 5.75 Å². The van der Waals surface area contributed by atoms with Crippen LogP contribution in [0.5, 0.6) is 5.75 Å². The molecule has 0 aliphatic rings. The molecular formula is C13H15NO3S. The summed E-state index contributed by atoms with van der Waals surface area (Å²) in [6.07, 6.45) is 1.69. The van der Waals surface area contributed by atoms with E-state index in [1.807, 2.05) is 24.3 Å². The van der Waals surface area contributed by atoms with Gasteiger partial charge in [-0.15, -0.1) is 0 Å². The van der Waals surface area contributed by atoms with Crippen molar-refractivity contribution in [1.82, 2.24) is 4.98 Å². The Labute approximate surface area is 107 Å². The maximum Gasteiger partial charge on any atom is 0.153 e. The predicted octanol–water partition coefficient (Wildman–Crippen LogP) is 2.05. The second kappa shape index (κ2) is 5.35. The Bertz CT molecular complexity index is 632. The molecule has 0 aliphatic carbocycles. The van der Waals surface area contributed by atoms with Gasteiger partial charge in [0.25, 0.3) is 0 Å². The molecule has 0 spiro atoms. The van der Waals surface area contributed by atoms with Crippen molar-refractivity contribution in [3.63, 3.8) is 0 Å². The highest BCUT2D eigenvalue weighted by atomic mass is 32.2. The summed E-state index contributed by atoms with van der Waals surface area (Å²) in [5, 5.41) is 0.980. The van der Waals surface area contributed by atoms with Gasteiger partial charge in [-0.3, -0.25) is 4.98 Å². The van der Waals surface area contributed by atoms with Crippen LogP contribution in [0.15, 0.2) is 36.5 Å². The first kappa shape index (κ1) is 12.8. The van der Waals surface area contributed by atoms with Gasteiger partial charge < -0.3 is 4.74 Å². The van der Waals surface area contributed by atoms with Gasteiger partial charge >= 0.3 is 0 Å². The molecule has 0 unspecified atom stereocenters. The van der Waals surface area contributed by atoms with Crippen molar-refractivity contribution in [2.45, 2.75) is 6.92 Å². The van der Waals surface area contributed by atoms with Crippen LogP contribution >= 0.6 is 0 Å². The average Bonchev–Trinajstić information content (AvgIpc) is 2.39. The maximum absolute atomic E-state index is 11.4. The van der Waals surface area contributed by atoms with E-state index >= 15 is 0 Å². The Balaban J connectivity index is 2.13. The molecule has 0 amide bonds. The van der Waals surface area contributed by atoms with Gasteiger partial charge in [0.1, 0.15) is 17.9 Å². The van der Waals surface area contributed by atoms with E-state index < -0.39 is 9.84 Å². The summed E-state index contributed by atoms with van der Waals surface area (Å²) >= 11 is 0. The minimum atomic E-state index is -2.99. The molecule has 0 radical (unpaired) electrons. The van der Waals surface area contributed by atoms with Crippen LogP contribution in [0.25, 0.3) is 10.9 Å². The minimum absolute atomic E-state index is 0.0344. The molecule has 0 aliphatic heterocycles. The number of ether oxygens (including phenoxy) is 1. The highest BCUT2D eigenvalue weighted by molar-refractivity contribution is 7.91. The first-order chi connectivity index (χ1) is 8.62. The predicted molar refractivity (Wildman–Crippen MR) is 71.6 cm³/mol. The number of aromatic nitrogens is 1. The van der Waals surface area contributed by atoms with Gasteiger partial charge in [-0.25, -0.2) is 8.42 Å². The molecule has 0 saturated heterocycles. The van der Waals surface area contributed by atoms with Crippen LogP contribution in [0.2, 0.25) is 0 Å². The Morgan fingerprint density at radius 2 is 2.00 bits per heavy atom. The Kier molecular flexibility index (Phi) is 3.81. The third kappa shape index (κ3) is 2.98. The fourth-order valence-electron chi connectivity index (χ4n) is 1.62. The normalized spacial score (nSPS) is 11.6. The number of nitrogens with zero attached hydrogens (tertiary/aromatic N) is 1. The molecule has 0 saturated carbocycles. The molecule has 1 aromatic heterocycles. The van der Waals surface area contributed by atoms with Crippen LogP contribution in [-0.2, 0) is 9.84 Å². The third-order valence-electron chi connectivity index (χ3n) is 2.69. The first-order valence-corrected chi connectivity index (χ1v) is 7.61. The van der Waals surface area contributed by atoms with Crippen LogP contribution in [0.1, 0.15) is 6.92 Å². The number of hydrogen-bond donors (Lipinski definition) is 0. The second-order valence-corrected chi connectivity index (χ2v) is 6.39. The minimum Gasteiger partial charge on any atom is -0.490 e. The molecule has 4 nitrogen and oxygen atoms in total. The summed E-state index contributed by atoms with van der Waals surface area (Å²) < 4.78 is 28.2. The molecule has 2 aromatic rings. The van der Waals surface area contributed by atoms with E-state index in [1.54, 1.807) is 19.2 Å². The number of pyridine rings is 1. The number of fused-ring (bicyclic) bond motifs is 1. The second-order valence-electron chi connectivity index (χ2n) is 3.92. The lowest BCUT2D eigenvalue weighted by atomic mass is 10.2. The Hall–Kier alpha value is -1.62. The van der Waals surface area contributed by atoms with E-state index in [9.17, 15) is 8.42 Å². The molecule has 0 atom stereocenters. The largest absolute Gasteiger partial charge is 0.490 e. The highest BCUT2D eigenvalue weighted by Crippen LogP contribution is 2.22. The van der Waals surface area contributed by atoms with Crippen LogP contribution < -0.4 is 4.74 Å². The van der Waals surface area contributed by atoms with Crippen molar-refractivity contribution in [2.75, 3.05) is 18.1 Å². The van der Waals surface area contributed by atoms with E-state index in [-0.39, 0.29) is 18.1 Å². The fraction of sp³-hybridized carbons (Fsp3) is 0.308. The van der Waals surface area contributed by atoms with Crippen LogP contribution in [0.3, 0.4) is 0 Å². The monoisotopic (exact) mass is 265 g/mol. The lowest BCUT2D eigenvalue weighted by Gasteiger charge is -2.08. The zero-order valence-corrected chi connectivity index (χ0v) is 11.0. The Morgan fingerprint density at radius 3 is 2.78 bits per heavy atom. The van der Waals surface area contributed by atoms with Crippen molar-refractivity contribution in [2.24, 2.45) is 0 Å². The van der Waals surface area contributed by atoms with Gasteiger partial charge in [-0.1, -0.05) is 25.1 Å². The van der Waals surface area contributed by atoms with Crippen molar-refractivity contribution in [3.8, 4) is 5.75 Å². The SMILES string of the molecule is CCS(=O)(=O)CCOc1cccc2cccnc12. The van der Waals surface area contributed by atoms with E-state index in [1.165, 1.54) is 0 Å². The molecule has 5 heteroatoms. The van der Waals surface area contributed by atoms with E-state index in [0.717, 1.165) is 10.9 Å².